The molecule has 2 aliphatic heterocycles. The Balaban J connectivity index is 1.23. The van der Waals surface area contributed by atoms with E-state index in [1.807, 2.05) is 30.3 Å². The predicted octanol–water partition coefficient (Wildman–Crippen LogP) is 2.84. The van der Waals surface area contributed by atoms with Crippen LogP contribution in [0.25, 0.3) is 0 Å². The number of phenols is 1. The van der Waals surface area contributed by atoms with Gasteiger partial charge in [-0.05, 0) is 86.9 Å². The summed E-state index contributed by atoms with van der Waals surface area (Å²) in [7, 11) is 3.40. The molecule has 2 aromatic rings. The number of nitrogens with zero attached hydrogens (tertiary/aromatic N) is 2. The van der Waals surface area contributed by atoms with Crippen molar-refractivity contribution in [2.24, 2.45) is 5.92 Å². The topological polar surface area (TPSA) is 82.5 Å². The van der Waals surface area contributed by atoms with Gasteiger partial charge in [-0.1, -0.05) is 12.0 Å². The van der Waals surface area contributed by atoms with Gasteiger partial charge in [0.25, 0.3) is 5.91 Å². The van der Waals surface area contributed by atoms with Crippen molar-refractivity contribution in [1.82, 2.24) is 9.80 Å². The van der Waals surface area contributed by atoms with Gasteiger partial charge < -0.3 is 24.6 Å². The van der Waals surface area contributed by atoms with E-state index in [0.29, 0.717) is 18.6 Å². The maximum absolute atomic E-state index is 13.3. The Hall–Kier alpha value is -3.21. The minimum absolute atomic E-state index is 0.0164. The molecule has 5 aliphatic rings. The van der Waals surface area contributed by atoms with Gasteiger partial charge in [0.05, 0.1) is 24.2 Å². The molecule has 2 aromatic carbocycles. The first-order valence-electron chi connectivity index (χ1n) is 13.8. The van der Waals surface area contributed by atoms with Gasteiger partial charge in [-0.2, -0.15) is 0 Å². The molecule has 198 valence electrons. The van der Waals surface area contributed by atoms with Crippen LogP contribution in [0.5, 0.6) is 17.2 Å². The number of ether oxygens (including phenoxy) is 2. The van der Waals surface area contributed by atoms with Gasteiger partial charge in [-0.25, -0.2) is 0 Å². The van der Waals surface area contributed by atoms with Gasteiger partial charge in [0.15, 0.2) is 11.5 Å². The molecular weight excluding hydrogens is 480 g/mol. The molecule has 1 spiro atoms. The van der Waals surface area contributed by atoms with E-state index in [4.69, 9.17) is 9.47 Å². The molecule has 38 heavy (non-hydrogen) atoms. The van der Waals surface area contributed by atoms with Crippen molar-refractivity contribution < 1.29 is 24.5 Å². The van der Waals surface area contributed by atoms with E-state index in [9.17, 15) is 15.0 Å². The third-order valence-corrected chi connectivity index (χ3v) is 9.95. The highest BCUT2D eigenvalue weighted by atomic mass is 16.5. The zero-order valence-corrected chi connectivity index (χ0v) is 21.9. The number of amides is 1. The number of benzene rings is 2. The fraction of sp³-hybridized carbons (Fsp3) is 0.516. The van der Waals surface area contributed by atoms with Crippen molar-refractivity contribution >= 4 is 5.91 Å². The first-order valence-corrected chi connectivity index (χ1v) is 13.8. The maximum atomic E-state index is 13.3. The summed E-state index contributed by atoms with van der Waals surface area (Å²) in [4.78, 5) is 17.5. The van der Waals surface area contributed by atoms with Gasteiger partial charge in [0.2, 0.25) is 0 Å². The first-order chi connectivity index (χ1) is 18.4. The average Bonchev–Trinajstić information content (AvgIpc) is 3.67. The molecule has 2 bridgehead atoms. The van der Waals surface area contributed by atoms with Crippen LogP contribution in [0.15, 0.2) is 36.4 Å². The molecule has 1 amide bonds. The van der Waals surface area contributed by atoms with E-state index in [1.165, 1.54) is 12.8 Å². The Morgan fingerprint density at radius 1 is 1.18 bits per heavy atom. The number of likely N-dealkylation sites (N-methyl/N-ethyl adjacent to an activating group) is 1. The molecule has 1 saturated heterocycles. The summed E-state index contributed by atoms with van der Waals surface area (Å²) in [6.45, 7) is 1.93. The fourth-order valence-corrected chi connectivity index (χ4v) is 7.89. The molecule has 2 N–H and O–H groups in total. The summed E-state index contributed by atoms with van der Waals surface area (Å²) in [5.41, 5.74) is 1.25. The van der Waals surface area contributed by atoms with E-state index in [0.717, 1.165) is 54.3 Å². The second kappa shape index (κ2) is 8.39. The number of phenolic OH excluding ortho intramolecular Hbond substituents is 1. The van der Waals surface area contributed by atoms with E-state index >= 15 is 0 Å². The Kier molecular flexibility index (Phi) is 5.27. The molecule has 0 unspecified atom stereocenters. The summed E-state index contributed by atoms with van der Waals surface area (Å²) in [5.74, 6) is 7.58. The molecule has 3 fully saturated rings. The third kappa shape index (κ3) is 3.26. The van der Waals surface area contributed by atoms with Crippen molar-refractivity contribution in [2.45, 2.75) is 67.7 Å². The van der Waals surface area contributed by atoms with Crippen LogP contribution >= 0.6 is 0 Å². The highest BCUT2D eigenvalue weighted by Crippen LogP contribution is 2.66. The SMILES string of the molecule is COc1ccc(C#CC(=O)N(C)[C@@H]2CC[C@@]3(O)[C@H]4Cc5ccc(O)c6c5[C@@]3(CCN4CC3CC3)[C@H]2O6)cc1. The molecule has 2 heterocycles. The average molecular weight is 515 g/mol. The lowest BCUT2D eigenvalue weighted by atomic mass is 9.48. The molecule has 5 atom stereocenters. The van der Waals surface area contributed by atoms with Crippen molar-refractivity contribution in [3.63, 3.8) is 0 Å². The molecule has 7 rings (SSSR count). The van der Waals surface area contributed by atoms with Crippen LogP contribution < -0.4 is 9.47 Å². The van der Waals surface area contributed by atoms with Crippen molar-refractivity contribution in [3.8, 4) is 29.1 Å². The van der Waals surface area contributed by atoms with E-state index < -0.39 is 17.1 Å². The molecule has 3 aliphatic carbocycles. The molecular formula is C31H34N2O5. The number of aliphatic hydroxyl groups is 1. The Morgan fingerprint density at radius 3 is 2.71 bits per heavy atom. The highest BCUT2D eigenvalue weighted by molar-refractivity contribution is 5.94. The van der Waals surface area contributed by atoms with Crippen LogP contribution in [-0.2, 0) is 16.6 Å². The summed E-state index contributed by atoms with van der Waals surface area (Å²) in [6.07, 6.45) is 4.83. The number of piperidine rings is 1. The van der Waals surface area contributed by atoms with Crippen LogP contribution in [0.2, 0.25) is 0 Å². The van der Waals surface area contributed by atoms with Gasteiger partial charge in [-0.15, -0.1) is 0 Å². The zero-order valence-electron chi connectivity index (χ0n) is 21.9. The second-order valence-corrected chi connectivity index (χ2v) is 11.8. The number of aromatic hydroxyl groups is 1. The number of carbonyl (C=O) groups excluding carboxylic acids is 1. The number of methoxy groups -OCH3 is 1. The summed E-state index contributed by atoms with van der Waals surface area (Å²) < 4.78 is 11.8. The summed E-state index contributed by atoms with van der Waals surface area (Å²) in [6, 6.07) is 10.8. The minimum Gasteiger partial charge on any atom is -0.504 e. The standard InChI is InChI=1S/C31H34N2O5/c1-32(26(35)12-7-19-5-9-22(37-2)10-6-19)23-13-14-31(36)25-17-21-8-11-24(34)28-27(21)30(31,29(23)38-28)15-16-33(25)18-20-3-4-20/h5-6,8-11,20,23,25,29,34,36H,3-4,13-18H2,1-2H3/t23-,25-,29+,30+,31-/m1/s1. The van der Waals surface area contributed by atoms with Crippen LogP contribution in [0.1, 0.15) is 48.8 Å². The van der Waals surface area contributed by atoms with Crippen LogP contribution in [0.3, 0.4) is 0 Å². The number of likely N-dealkylation sites (tertiary alicyclic amines) is 1. The van der Waals surface area contributed by atoms with Gasteiger partial charge in [-0.3, -0.25) is 9.69 Å². The summed E-state index contributed by atoms with van der Waals surface area (Å²) in [5, 5.41) is 23.4. The Bertz CT molecular complexity index is 1360. The lowest BCUT2D eigenvalue weighted by Gasteiger charge is -2.64. The Morgan fingerprint density at radius 2 is 1.97 bits per heavy atom. The van der Waals surface area contributed by atoms with Crippen LogP contribution in [0, 0.1) is 17.8 Å². The number of rotatable bonds is 4. The smallest absolute Gasteiger partial charge is 0.298 e. The summed E-state index contributed by atoms with van der Waals surface area (Å²) >= 11 is 0. The predicted molar refractivity (Wildman–Crippen MR) is 141 cm³/mol. The maximum Gasteiger partial charge on any atom is 0.298 e. The quantitative estimate of drug-likeness (QED) is 0.611. The largest absolute Gasteiger partial charge is 0.504 e. The monoisotopic (exact) mass is 514 g/mol. The van der Waals surface area contributed by atoms with E-state index in [2.05, 4.69) is 16.7 Å². The van der Waals surface area contributed by atoms with Crippen molar-refractivity contribution in [3.05, 3.63) is 53.1 Å². The lowest BCUT2D eigenvalue weighted by Crippen LogP contribution is -2.78. The highest BCUT2D eigenvalue weighted by Gasteiger charge is 2.73. The molecule has 0 radical (unpaired) electrons. The van der Waals surface area contributed by atoms with Gasteiger partial charge in [0, 0.05) is 36.7 Å². The molecule has 0 aromatic heterocycles. The van der Waals surface area contributed by atoms with Crippen LogP contribution in [0.4, 0.5) is 0 Å². The zero-order chi connectivity index (χ0) is 26.2. The number of carbonyl (C=O) groups is 1. The number of hydrogen-bond acceptors (Lipinski definition) is 6. The lowest BCUT2D eigenvalue weighted by molar-refractivity contribution is -0.199. The minimum atomic E-state index is -0.966. The molecule has 2 saturated carbocycles. The molecule has 7 nitrogen and oxygen atoms in total. The van der Waals surface area contributed by atoms with E-state index in [1.54, 1.807) is 25.1 Å². The first kappa shape index (κ1) is 23.9. The third-order valence-electron chi connectivity index (χ3n) is 9.95. The fourth-order valence-electron chi connectivity index (χ4n) is 7.89. The molecule has 7 heteroatoms. The Labute approximate surface area is 223 Å². The van der Waals surface area contributed by atoms with Crippen molar-refractivity contribution in [1.29, 1.82) is 0 Å². The van der Waals surface area contributed by atoms with Crippen molar-refractivity contribution in [2.75, 3.05) is 27.2 Å². The second-order valence-electron chi connectivity index (χ2n) is 11.8. The number of hydrogen-bond donors (Lipinski definition) is 2. The van der Waals surface area contributed by atoms with Crippen LogP contribution in [-0.4, -0.2) is 77.0 Å². The normalized spacial score (nSPS) is 32.4. The van der Waals surface area contributed by atoms with Gasteiger partial charge in [0.1, 0.15) is 11.9 Å². The van der Waals surface area contributed by atoms with E-state index in [-0.39, 0.29) is 23.7 Å². The van der Waals surface area contributed by atoms with Gasteiger partial charge >= 0.3 is 0 Å².